The van der Waals surface area contributed by atoms with E-state index in [4.69, 9.17) is 4.74 Å². The Labute approximate surface area is 122 Å². The lowest BCUT2D eigenvalue weighted by atomic mass is 10.1. The fraction of sp³-hybridized carbons (Fsp3) is 0.250. The fourth-order valence-corrected chi connectivity index (χ4v) is 2.48. The highest BCUT2D eigenvalue weighted by Crippen LogP contribution is 2.28. The molecule has 0 aromatic carbocycles. The van der Waals surface area contributed by atoms with Crippen LogP contribution < -0.4 is 0 Å². The summed E-state index contributed by atoms with van der Waals surface area (Å²) in [6.45, 7) is 2.13. The van der Waals surface area contributed by atoms with Gasteiger partial charge in [0.15, 0.2) is 5.69 Å². The number of hydrogen-bond donors (Lipinski definition) is 0. The molecule has 21 heavy (non-hydrogen) atoms. The molecule has 0 unspecified atom stereocenters. The predicted octanol–water partition coefficient (Wildman–Crippen LogP) is 2.76. The Morgan fingerprint density at radius 1 is 1.24 bits per heavy atom. The van der Waals surface area contributed by atoms with E-state index in [2.05, 4.69) is 4.98 Å². The van der Waals surface area contributed by atoms with Crippen LogP contribution in [-0.2, 0) is 18.8 Å². The highest BCUT2D eigenvalue weighted by molar-refractivity contribution is 5.98. The minimum Gasteiger partial charge on any atom is -0.461 e. The number of fused-ring (bicyclic) bond motifs is 1. The van der Waals surface area contributed by atoms with Crippen LogP contribution in [-0.4, -0.2) is 26.7 Å². The molecule has 0 aliphatic rings. The topological polar surface area (TPSA) is 49.0 Å². The van der Waals surface area contributed by atoms with Gasteiger partial charge in [-0.05, 0) is 31.2 Å². The summed E-state index contributed by atoms with van der Waals surface area (Å²) in [4.78, 5) is 16.6. The number of pyridine rings is 1. The average molecular weight is 283 g/mol. The molecular weight excluding hydrogens is 266 g/mol. The van der Waals surface area contributed by atoms with Gasteiger partial charge in [-0.1, -0.05) is 0 Å². The molecule has 0 saturated carbocycles. The molecule has 0 bridgehead atoms. The van der Waals surface area contributed by atoms with Crippen LogP contribution in [0.2, 0.25) is 0 Å². The van der Waals surface area contributed by atoms with Gasteiger partial charge < -0.3 is 13.9 Å². The normalized spacial score (nSPS) is 11.0. The van der Waals surface area contributed by atoms with Crippen molar-refractivity contribution in [2.45, 2.75) is 6.92 Å². The first-order valence-corrected chi connectivity index (χ1v) is 6.86. The molecule has 3 aromatic rings. The van der Waals surface area contributed by atoms with Crippen LogP contribution in [0.4, 0.5) is 0 Å². The van der Waals surface area contributed by atoms with Crippen molar-refractivity contribution in [3.8, 4) is 11.4 Å². The van der Waals surface area contributed by atoms with Crippen LogP contribution in [0.25, 0.3) is 22.3 Å². The molecule has 0 spiro atoms. The van der Waals surface area contributed by atoms with Crippen molar-refractivity contribution in [2.24, 2.45) is 14.1 Å². The maximum atomic E-state index is 12.0. The van der Waals surface area contributed by atoms with Crippen LogP contribution in [0.5, 0.6) is 0 Å². The molecule has 5 nitrogen and oxygen atoms in total. The van der Waals surface area contributed by atoms with E-state index in [-0.39, 0.29) is 0 Å². The first kappa shape index (κ1) is 13.4. The van der Waals surface area contributed by atoms with Gasteiger partial charge in [0.05, 0.1) is 23.5 Å². The Kier molecular flexibility index (Phi) is 3.25. The lowest BCUT2D eigenvalue weighted by molar-refractivity contribution is 0.0520. The van der Waals surface area contributed by atoms with Gasteiger partial charge in [-0.3, -0.25) is 0 Å². The van der Waals surface area contributed by atoms with Crippen LogP contribution >= 0.6 is 0 Å². The van der Waals surface area contributed by atoms with E-state index in [0.29, 0.717) is 12.3 Å². The summed E-state index contributed by atoms with van der Waals surface area (Å²) in [5.74, 6) is -0.393. The molecule has 0 aliphatic carbocycles. The van der Waals surface area contributed by atoms with E-state index in [9.17, 15) is 4.79 Å². The Morgan fingerprint density at radius 2 is 2.05 bits per heavy atom. The van der Waals surface area contributed by atoms with Crippen molar-refractivity contribution in [1.82, 2.24) is 14.1 Å². The Bertz CT molecular complexity index is 814. The van der Waals surface area contributed by atoms with Crippen molar-refractivity contribution in [1.29, 1.82) is 0 Å². The van der Waals surface area contributed by atoms with Gasteiger partial charge in [-0.15, -0.1) is 0 Å². The van der Waals surface area contributed by atoms with E-state index < -0.39 is 5.97 Å². The number of carbonyl (C=O) groups is 1. The molecule has 0 N–H and O–H groups in total. The highest BCUT2D eigenvalue weighted by Gasteiger charge is 2.17. The zero-order chi connectivity index (χ0) is 15.0. The summed E-state index contributed by atoms with van der Waals surface area (Å²) in [5, 5.41) is 1.02. The summed E-state index contributed by atoms with van der Waals surface area (Å²) in [5.41, 5.74) is 3.06. The monoisotopic (exact) mass is 283 g/mol. The fourth-order valence-electron chi connectivity index (χ4n) is 2.48. The number of nitrogens with zero attached hydrogens (tertiary/aromatic N) is 3. The summed E-state index contributed by atoms with van der Waals surface area (Å²) in [7, 11) is 3.91. The summed E-state index contributed by atoms with van der Waals surface area (Å²) >= 11 is 0. The van der Waals surface area contributed by atoms with E-state index in [1.54, 1.807) is 13.0 Å². The van der Waals surface area contributed by atoms with Crippen molar-refractivity contribution in [2.75, 3.05) is 6.61 Å². The second-order valence-electron chi connectivity index (χ2n) is 4.94. The molecule has 0 atom stereocenters. The van der Waals surface area contributed by atoms with Crippen LogP contribution in [0.1, 0.15) is 17.4 Å². The number of aromatic nitrogens is 3. The summed E-state index contributed by atoms with van der Waals surface area (Å²) in [6.07, 6.45) is 3.93. The van der Waals surface area contributed by atoms with Crippen molar-refractivity contribution < 1.29 is 9.53 Å². The van der Waals surface area contributed by atoms with E-state index in [1.165, 1.54) is 0 Å². The predicted molar refractivity (Wildman–Crippen MR) is 81.1 cm³/mol. The van der Waals surface area contributed by atoms with Crippen molar-refractivity contribution >= 4 is 16.9 Å². The standard InChI is InChI=1S/C16H17N3O2/c1-4-21-16(20)12-10-14-11(7-9-19(14)3)15(17-12)13-6-5-8-18(13)2/h5-10H,4H2,1-3H3. The maximum absolute atomic E-state index is 12.0. The summed E-state index contributed by atoms with van der Waals surface area (Å²) < 4.78 is 9.05. The zero-order valence-corrected chi connectivity index (χ0v) is 12.3. The smallest absolute Gasteiger partial charge is 0.357 e. The van der Waals surface area contributed by atoms with Gasteiger partial charge in [-0.25, -0.2) is 9.78 Å². The second kappa shape index (κ2) is 5.09. The lowest BCUT2D eigenvalue weighted by Gasteiger charge is -2.09. The van der Waals surface area contributed by atoms with Gasteiger partial charge in [0.25, 0.3) is 0 Å². The average Bonchev–Trinajstić information content (AvgIpc) is 3.05. The van der Waals surface area contributed by atoms with Gasteiger partial charge in [0.2, 0.25) is 0 Å². The number of esters is 1. The van der Waals surface area contributed by atoms with Crippen LogP contribution in [0, 0.1) is 0 Å². The molecule has 0 amide bonds. The number of aryl methyl sites for hydroxylation is 2. The van der Waals surface area contributed by atoms with Gasteiger partial charge in [-0.2, -0.15) is 0 Å². The Morgan fingerprint density at radius 3 is 2.71 bits per heavy atom. The highest BCUT2D eigenvalue weighted by atomic mass is 16.5. The summed E-state index contributed by atoms with van der Waals surface area (Å²) in [6, 6.07) is 7.74. The third-order valence-corrected chi connectivity index (χ3v) is 3.55. The molecule has 3 heterocycles. The number of ether oxygens (including phenoxy) is 1. The molecule has 5 heteroatoms. The lowest BCUT2D eigenvalue weighted by Crippen LogP contribution is -2.08. The maximum Gasteiger partial charge on any atom is 0.357 e. The van der Waals surface area contributed by atoms with E-state index in [0.717, 1.165) is 22.3 Å². The molecule has 108 valence electrons. The Balaban J connectivity index is 2.27. The van der Waals surface area contributed by atoms with E-state index in [1.807, 2.05) is 53.8 Å². The molecule has 0 aliphatic heterocycles. The molecule has 3 rings (SSSR count). The molecule has 0 fully saturated rings. The quantitative estimate of drug-likeness (QED) is 0.694. The van der Waals surface area contributed by atoms with Crippen LogP contribution in [0.15, 0.2) is 36.7 Å². The molecular formula is C16H17N3O2. The van der Waals surface area contributed by atoms with Crippen molar-refractivity contribution in [3.63, 3.8) is 0 Å². The van der Waals surface area contributed by atoms with Crippen LogP contribution in [0.3, 0.4) is 0 Å². The van der Waals surface area contributed by atoms with E-state index >= 15 is 0 Å². The first-order valence-electron chi connectivity index (χ1n) is 6.86. The third kappa shape index (κ3) is 2.20. The van der Waals surface area contributed by atoms with Gasteiger partial charge >= 0.3 is 5.97 Å². The minimum atomic E-state index is -0.393. The number of hydrogen-bond acceptors (Lipinski definition) is 3. The molecule has 3 aromatic heterocycles. The van der Waals surface area contributed by atoms with Gasteiger partial charge in [0, 0.05) is 31.9 Å². The SMILES string of the molecule is CCOC(=O)c1cc2c(ccn2C)c(-c2cccn2C)n1. The Hall–Kier alpha value is -2.56. The first-order chi connectivity index (χ1) is 10.1. The number of carbonyl (C=O) groups excluding carboxylic acids is 1. The van der Waals surface area contributed by atoms with Crippen molar-refractivity contribution in [3.05, 3.63) is 42.4 Å². The van der Waals surface area contributed by atoms with Gasteiger partial charge in [0.1, 0.15) is 0 Å². The molecule has 0 radical (unpaired) electrons. The molecule has 0 saturated heterocycles. The second-order valence-corrected chi connectivity index (χ2v) is 4.94. The number of rotatable bonds is 3. The third-order valence-electron chi connectivity index (χ3n) is 3.55. The largest absolute Gasteiger partial charge is 0.461 e. The minimum absolute atomic E-state index is 0.336. The zero-order valence-electron chi connectivity index (χ0n) is 12.3.